The summed E-state index contributed by atoms with van der Waals surface area (Å²) in [6.45, 7) is 1.89. The number of hydrogen-bond donors (Lipinski definition) is 1. The molecule has 1 N–H and O–H groups in total. The van der Waals surface area contributed by atoms with Gasteiger partial charge in [0, 0.05) is 18.2 Å². The van der Waals surface area contributed by atoms with Crippen LogP contribution in [0, 0.1) is 5.82 Å². The van der Waals surface area contributed by atoms with Gasteiger partial charge in [0.15, 0.2) is 17.6 Å². The third kappa shape index (κ3) is 4.84. The van der Waals surface area contributed by atoms with Crippen LogP contribution in [0.15, 0.2) is 48.5 Å². The number of esters is 1. The van der Waals surface area contributed by atoms with E-state index < -0.39 is 23.8 Å². The zero-order valence-corrected chi connectivity index (χ0v) is 14.6. The first-order valence-electron chi connectivity index (χ1n) is 8.32. The molecule has 7 heteroatoms. The third-order valence-electron chi connectivity index (χ3n) is 3.87. The molecule has 1 heterocycles. The predicted octanol–water partition coefficient (Wildman–Crippen LogP) is 2.82. The Balaban J connectivity index is 1.48. The average molecular weight is 371 g/mol. The highest BCUT2D eigenvalue weighted by atomic mass is 19.1. The SMILES string of the molecule is CC(OC(=O)/C=C/c1ccccc1F)C(=O)NCc1ccc2c(c1)OCO2. The maximum atomic E-state index is 13.5. The van der Waals surface area contributed by atoms with E-state index in [1.165, 1.54) is 25.1 Å². The van der Waals surface area contributed by atoms with Crippen LogP contribution in [-0.2, 0) is 20.9 Å². The van der Waals surface area contributed by atoms with Crippen LogP contribution in [0.3, 0.4) is 0 Å². The molecule has 140 valence electrons. The van der Waals surface area contributed by atoms with Crippen LogP contribution in [0.1, 0.15) is 18.1 Å². The second-order valence-corrected chi connectivity index (χ2v) is 5.84. The molecule has 3 rings (SSSR count). The summed E-state index contributed by atoms with van der Waals surface area (Å²) < 4.78 is 29.0. The molecule has 1 aliphatic rings. The van der Waals surface area contributed by atoms with E-state index in [1.807, 2.05) is 6.07 Å². The number of carbonyl (C=O) groups is 2. The van der Waals surface area contributed by atoms with Crippen LogP contribution < -0.4 is 14.8 Å². The summed E-state index contributed by atoms with van der Waals surface area (Å²) in [4.78, 5) is 23.9. The van der Waals surface area contributed by atoms with Crippen molar-refractivity contribution in [3.63, 3.8) is 0 Å². The predicted molar refractivity (Wildman–Crippen MR) is 95.4 cm³/mol. The highest BCUT2D eigenvalue weighted by molar-refractivity contribution is 5.90. The van der Waals surface area contributed by atoms with Crippen LogP contribution >= 0.6 is 0 Å². The van der Waals surface area contributed by atoms with Crippen LogP contribution in [0.4, 0.5) is 4.39 Å². The summed E-state index contributed by atoms with van der Waals surface area (Å²) in [5.74, 6) is -0.339. The summed E-state index contributed by atoms with van der Waals surface area (Å²) in [6.07, 6.45) is 1.39. The van der Waals surface area contributed by atoms with Gasteiger partial charge in [-0.05, 0) is 36.8 Å². The molecule has 1 aliphatic heterocycles. The molecule has 0 radical (unpaired) electrons. The van der Waals surface area contributed by atoms with Gasteiger partial charge in [0.1, 0.15) is 5.82 Å². The van der Waals surface area contributed by atoms with Gasteiger partial charge in [-0.3, -0.25) is 4.79 Å². The van der Waals surface area contributed by atoms with Crippen molar-refractivity contribution in [3.05, 3.63) is 65.5 Å². The van der Waals surface area contributed by atoms with E-state index in [-0.39, 0.29) is 18.9 Å². The fourth-order valence-electron chi connectivity index (χ4n) is 2.42. The van der Waals surface area contributed by atoms with E-state index in [9.17, 15) is 14.0 Å². The van der Waals surface area contributed by atoms with E-state index >= 15 is 0 Å². The van der Waals surface area contributed by atoms with Crippen molar-refractivity contribution in [3.8, 4) is 11.5 Å². The van der Waals surface area contributed by atoms with Crippen LogP contribution in [0.5, 0.6) is 11.5 Å². The Hall–Kier alpha value is -3.35. The van der Waals surface area contributed by atoms with E-state index in [0.717, 1.165) is 11.6 Å². The smallest absolute Gasteiger partial charge is 0.331 e. The summed E-state index contributed by atoms with van der Waals surface area (Å²) in [5.41, 5.74) is 1.08. The first-order valence-corrected chi connectivity index (χ1v) is 8.32. The normalized spacial score (nSPS) is 13.4. The lowest BCUT2D eigenvalue weighted by Crippen LogP contribution is -2.35. The summed E-state index contributed by atoms with van der Waals surface area (Å²) in [5, 5.41) is 2.68. The second kappa shape index (κ2) is 8.35. The van der Waals surface area contributed by atoms with Gasteiger partial charge in [-0.1, -0.05) is 24.3 Å². The topological polar surface area (TPSA) is 73.9 Å². The Morgan fingerprint density at radius 3 is 2.81 bits per heavy atom. The van der Waals surface area contributed by atoms with Crippen molar-refractivity contribution in [1.29, 1.82) is 0 Å². The standard InChI is InChI=1S/C20H18FNO5/c1-13(27-19(23)9-7-15-4-2-3-5-16(15)21)20(24)22-11-14-6-8-17-18(10-14)26-12-25-17/h2-10,13H,11-12H2,1H3,(H,22,24)/b9-7+. The van der Waals surface area contributed by atoms with E-state index in [1.54, 1.807) is 24.3 Å². The lowest BCUT2D eigenvalue weighted by molar-refractivity contribution is -0.150. The summed E-state index contributed by atoms with van der Waals surface area (Å²) in [7, 11) is 0. The summed E-state index contributed by atoms with van der Waals surface area (Å²) in [6, 6.07) is 11.4. The van der Waals surface area contributed by atoms with Crippen molar-refractivity contribution in [2.75, 3.05) is 6.79 Å². The van der Waals surface area contributed by atoms with Crippen molar-refractivity contribution < 1.29 is 28.2 Å². The number of fused-ring (bicyclic) bond motifs is 1. The first-order chi connectivity index (χ1) is 13.0. The minimum Gasteiger partial charge on any atom is -0.454 e. The van der Waals surface area contributed by atoms with Gasteiger partial charge in [-0.15, -0.1) is 0 Å². The van der Waals surface area contributed by atoms with Crippen LogP contribution in [0.25, 0.3) is 6.08 Å². The van der Waals surface area contributed by atoms with Gasteiger partial charge in [-0.2, -0.15) is 0 Å². The van der Waals surface area contributed by atoms with E-state index in [0.29, 0.717) is 11.5 Å². The molecule has 0 bridgehead atoms. The molecule has 6 nitrogen and oxygen atoms in total. The lowest BCUT2D eigenvalue weighted by atomic mass is 10.2. The molecule has 0 saturated heterocycles. The van der Waals surface area contributed by atoms with Crippen molar-refractivity contribution in [2.24, 2.45) is 0 Å². The van der Waals surface area contributed by atoms with Crippen LogP contribution in [0.2, 0.25) is 0 Å². The second-order valence-electron chi connectivity index (χ2n) is 5.84. The third-order valence-corrected chi connectivity index (χ3v) is 3.87. The maximum Gasteiger partial charge on any atom is 0.331 e. The molecule has 27 heavy (non-hydrogen) atoms. The first kappa shape index (κ1) is 18.4. The number of hydrogen-bond acceptors (Lipinski definition) is 5. The Morgan fingerprint density at radius 2 is 2.00 bits per heavy atom. The number of rotatable bonds is 6. The highest BCUT2D eigenvalue weighted by Crippen LogP contribution is 2.32. The van der Waals surface area contributed by atoms with Gasteiger partial charge in [0.2, 0.25) is 6.79 Å². The maximum absolute atomic E-state index is 13.5. The van der Waals surface area contributed by atoms with Gasteiger partial charge in [0.05, 0.1) is 0 Å². The number of carbonyl (C=O) groups excluding carboxylic acids is 2. The molecule has 1 unspecified atom stereocenters. The van der Waals surface area contributed by atoms with Gasteiger partial charge >= 0.3 is 5.97 Å². The molecular weight excluding hydrogens is 353 g/mol. The van der Waals surface area contributed by atoms with Crippen LogP contribution in [-0.4, -0.2) is 24.8 Å². The van der Waals surface area contributed by atoms with E-state index in [2.05, 4.69) is 5.32 Å². The Morgan fingerprint density at radius 1 is 1.22 bits per heavy atom. The monoisotopic (exact) mass is 371 g/mol. The largest absolute Gasteiger partial charge is 0.454 e. The minimum absolute atomic E-state index is 0.179. The molecule has 0 aliphatic carbocycles. The lowest BCUT2D eigenvalue weighted by Gasteiger charge is -2.12. The number of benzene rings is 2. The molecule has 1 atom stereocenters. The highest BCUT2D eigenvalue weighted by Gasteiger charge is 2.17. The number of halogens is 1. The van der Waals surface area contributed by atoms with E-state index in [4.69, 9.17) is 14.2 Å². The fraction of sp³-hybridized carbons (Fsp3) is 0.200. The molecule has 2 aromatic rings. The minimum atomic E-state index is -0.989. The molecule has 2 aromatic carbocycles. The molecule has 0 spiro atoms. The Kier molecular flexibility index (Phi) is 5.71. The number of amides is 1. The quantitative estimate of drug-likeness (QED) is 0.624. The van der Waals surface area contributed by atoms with Gasteiger partial charge in [0.25, 0.3) is 5.91 Å². The molecule has 0 fully saturated rings. The average Bonchev–Trinajstić information content (AvgIpc) is 3.13. The molecule has 0 aromatic heterocycles. The zero-order valence-electron chi connectivity index (χ0n) is 14.6. The fourth-order valence-corrected chi connectivity index (χ4v) is 2.42. The van der Waals surface area contributed by atoms with Crippen molar-refractivity contribution in [2.45, 2.75) is 19.6 Å². The molecule has 0 saturated carbocycles. The van der Waals surface area contributed by atoms with Gasteiger partial charge in [-0.25, -0.2) is 9.18 Å². The van der Waals surface area contributed by atoms with Gasteiger partial charge < -0.3 is 19.5 Å². The molecular formula is C20H18FNO5. The van der Waals surface area contributed by atoms with Crippen molar-refractivity contribution in [1.82, 2.24) is 5.32 Å². The zero-order chi connectivity index (χ0) is 19.2. The Bertz CT molecular complexity index is 880. The molecule has 1 amide bonds. The number of nitrogens with one attached hydrogen (secondary N) is 1. The summed E-state index contributed by atoms with van der Waals surface area (Å²) >= 11 is 0. The van der Waals surface area contributed by atoms with Crippen molar-refractivity contribution >= 4 is 18.0 Å². The number of ether oxygens (including phenoxy) is 3. The Labute approximate surface area is 155 Å².